The Hall–Kier alpha value is -3.29. The number of ether oxygens (including phenoxy) is 6. The molecule has 3 aliphatic heterocycles. The minimum atomic E-state index is -1.99. The molecule has 17 atom stereocenters. The van der Waals surface area contributed by atoms with Gasteiger partial charge in [-0.2, -0.15) is 0 Å². The summed E-state index contributed by atoms with van der Waals surface area (Å²) in [4.78, 5) is 13.2. The van der Waals surface area contributed by atoms with Crippen LogP contribution in [0.4, 0.5) is 0 Å². The van der Waals surface area contributed by atoms with Crippen LogP contribution in [0.1, 0.15) is 110 Å². The van der Waals surface area contributed by atoms with Crippen molar-refractivity contribution in [3.05, 3.63) is 97.2 Å². The summed E-state index contributed by atoms with van der Waals surface area (Å²) in [6, 6.07) is -1.05. The molecule has 17 unspecified atom stereocenters. The van der Waals surface area contributed by atoms with Gasteiger partial charge >= 0.3 is 0 Å². The predicted molar refractivity (Wildman–Crippen MR) is 277 cm³/mol. The van der Waals surface area contributed by atoms with Crippen molar-refractivity contribution >= 4 is 5.91 Å². The van der Waals surface area contributed by atoms with Crippen molar-refractivity contribution in [3.63, 3.8) is 0 Å². The molecule has 3 rings (SSSR count). The van der Waals surface area contributed by atoms with Gasteiger partial charge in [0.1, 0.15) is 73.2 Å². The normalized spacial score (nSPS) is 32.3. The fraction of sp³-hybridized carbons (Fsp3) is 0.691. The molecule has 0 saturated carbocycles. The van der Waals surface area contributed by atoms with Crippen molar-refractivity contribution in [2.75, 3.05) is 26.4 Å². The first kappa shape index (κ1) is 65.0. The molecule has 3 fully saturated rings. The Morgan fingerprint density at radius 2 is 0.946 bits per heavy atom. The van der Waals surface area contributed by atoms with E-state index in [1.807, 2.05) is 18.2 Å². The largest absolute Gasteiger partial charge is 0.394 e. The van der Waals surface area contributed by atoms with Crippen LogP contribution in [0.5, 0.6) is 0 Å². The quantitative estimate of drug-likeness (QED) is 0.0321. The van der Waals surface area contributed by atoms with Crippen LogP contribution in [-0.2, 0) is 33.2 Å². The molecule has 12 N–H and O–H groups in total. The molecular weight excluding hydrogens is 963 g/mol. The molecule has 19 heteroatoms. The molecule has 0 aromatic rings. The maximum atomic E-state index is 13.2. The van der Waals surface area contributed by atoms with E-state index in [4.69, 9.17) is 28.4 Å². The number of aliphatic hydroxyl groups is 11. The molecule has 422 valence electrons. The van der Waals surface area contributed by atoms with Gasteiger partial charge in [0.05, 0.1) is 38.6 Å². The zero-order valence-corrected chi connectivity index (χ0v) is 43.3. The fourth-order valence-electron chi connectivity index (χ4n) is 8.23. The summed E-state index contributed by atoms with van der Waals surface area (Å²) in [6.45, 7) is 1.42. The van der Waals surface area contributed by atoms with Crippen LogP contribution in [0, 0.1) is 0 Å². The third-order valence-corrected chi connectivity index (χ3v) is 12.6. The van der Waals surface area contributed by atoms with E-state index in [1.165, 1.54) is 31.8 Å². The second-order valence-corrected chi connectivity index (χ2v) is 18.6. The van der Waals surface area contributed by atoms with Gasteiger partial charge in [-0.25, -0.2) is 0 Å². The Bertz CT molecular complexity index is 1730. The highest BCUT2D eigenvalue weighted by Crippen LogP contribution is 2.33. The number of aliphatic hydroxyl groups excluding tert-OH is 11. The first-order valence-corrected chi connectivity index (χ1v) is 26.5. The van der Waals surface area contributed by atoms with Gasteiger partial charge in [0.15, 0.2) is 18.9 Å². The van der Waals surface area contributed by atoms with Crippen molar-refractivity contribution in [1.29, 1.82) is 0 Å². The smallest absolute Gasteiger partial charge is 0.224 e. The van der Waals surface area contributed by atoms with Crippen molar-refractivity contribution in [2.45, 2.75) is 214 Å². The number of rotatable bonds is 35. The lowest BCUT2D eigenvalue weighted by molar-refractivity contribution is -0.379. The summed E-state index contributed by atoms with van der Waals surface area (Å²) in [5.41, 5.74) is 0. The molecule has 3 heterocycles. The van der Waals surface area contributed by atoms with Crippen LogP contribution in [-0.4, -0.2) is 193 Å². The summed E-state index contributed by atoms with van der Waals surface area (Å²) >= 11 is 0. The zero-order chi connectivity index (χ0) is 54.1. The van der Waals surface area contributed by atoms with E-state index in [0.717, 1.165) is 51.4 Å². The average molecular weight is 1050 g/mol. The molecule has 0 radical (unpaired) electrons. The third kappa shape index (κ3) is 23.1. The predicted octanol–water partition coefficient (Wildman–Crippen LogP) is 2.64. The SMILES string of the molecule is CC/C=C\C/C=C\C/C=C\C/C=C\C/C=C\CC(=O)NC(COC1OC(CO)C(OC2OC(CO)C(OC3OC(CO)C(O)C(O)C3O)C(O)C2O)C(O)C1O)C(O)/C=C/CC/C=C/CC/C=C/CCCCCC. The number of nitrogens with one attached hydrogen (secondary N) is 1. The molecule has 0 bridgehead atoms. The summed E-state index contributed by atoms with van der Waals surface area (Å²) in [5, 5.41) is 120. The van der Waals surface area contributed by atoms with Gasteiger partial charge in [-0.1, -0.05) is 130 Å². The highest BCUT2D eigenvalue weighted by molar-refractivity contribution is 5.77. The van der Waals surface area contributed by atoms with Crippen molar-refractivity contribution in [2.24, 2.45) is 0 Å². The summed E-state index contributed by atoms with van der Waals surface area (Å²) in [7, 11) is 0. The highest BCUT2D eigenvalue weighted by Gasteiger charge is 2.53. The third-order valence-electron chi connectivity index (χ3n) is 12.6. The summed E-state index contributed by atoms with van der Waals surface area (Å²) in [5.74, 6) is -0.424. The molecule has 0 aromatic heterocycles. The van der Waals surface area contributed by atoms with Crippen LogP contribution in [0.3, 0.4) is 0 Å². The molecule has 19 nitrogen and oxygen atoms in total. The topological polar surface area (TPSA) is 307 Å². The average Bonchev–Trinajstić information content (AvgIpc) is 3.40. The minimum absolute atomic E-state index is 0.00623. The summed E-state index contributed by atoms with van der Waals surface area (Å²) < 4.78 is 34.0. The van der Waals surface area contributed by atoms with Gasteiger partial charge in [-0.15, -0.1) is 0 Å². The standard InChI is InChI=1S/C55H89NO18/c1-3-5-7-9-11-13-15-17-19-21-23-25-27-29-31-33-43(61)56-38(39(60)32-30-28-26-24-22-20-18-16-14-12-10-8-6-4-2)37-69-53-49(67)46(64)51(41(35-58)71-53)74-55-50(68)47(65)52(42(36-59)72-55)73-54-48(66)45(63)44(62)40(34-57)70-54/h5,7,11,13-14,16-17,19,22-25,29-32,38-42,44-55,57-60,62-68H,3-4,6,8-10,12,15,18,20-21,26-28,33-37H2,1-2H3,(H,56,61)/b7-5-,13-11-,16-14+,19-17-,24-22+,25-23-,31-29-,32-30+. The van der Waals surface area contributed by atoms with Crippen LogP contribution >= 0.6 is 0 Å². The number of unbranched alkanes of at least 4 members (excludes halogenated alkanes) is 6. The Labute approximate surface area is 437 Å². The van der Waals surface area contributed by atoms with Gasteiger partial charge in [0.25, 0.3) is 0 Å². The number of allylic oxidation sites excluding steroid dienone is 14. The first-order chi connectivity index (χ1) is 35.8. The minimum Gasteiger partial charge on any atom is -0.394 e. The second kappa shape index (κ2) is 38.3. The van der Waals surface area contributed by atoms with Gasteiger partial charge in [-0.3, -0.25) is 4.79 Å². The number of amides is 1. The molecule has 0 spiro atoms. The molecule has 1 amide bonds. The fourth-order valence-corrected chi connectivity index (χ4v) is 8.23. The maximum absolute atomic E-state index is 13.2. The van der Waals surface area contributed by atoms with Crippen LogP contribution in [0.2, 0.25) is 0 Å². The number of hydrogen-bond donors (Lipinski definition) is 12. The lowest BCUT2D eigenvalue weighted by atomic mass is 9.96. The van der Waals surface area contributed by atoms with Crippen molar-refractivity contribution in [1.82, 2.24) is 5.32 Å². The Morgan fingerprint density at radius 1 is 0.500 bits per heavy atom. The Balaban J connectivity index is 1.60. The molecule has 3 saturated heterocycles. The van der Waals surface area contributed by atoms with E-state index in [9.17, 15) is 61.0 Å². The monoisotopic (exact) mass is 1050 g/mol. The molecule has 74 heavy (non-hydrogen) atoms. The van der Waals surface area contributed by atoms with Gasteiger partial charge in [-0.05, 0) is 70.6 Å². The number of hydrogen-bond acceptors (Lipinski definition) is 18. The molecular formula is C55H89NO18. The van der Waals surface area contributed by atoms with E-state index >= 15 is 0 Å². The van der Waals surface area contributed by atoms with Gasteiger partial charge in [0.2, 0.25) is 5.91 Å². The maximum Gasteiger partial charge on any atom is 0.224 e. The lowest BCUT2D eigenvalue weighted by Crippen LogP contribution is -2.66. The van der Waals surface area contributed by atoms with Crippen LogP contribution in [0.25, 0.3) is 0 Å². The highest BCUT2D eigenvalue weighted by atomic mass is 16.8. The van der Waals surface area contributed by atoms with E-state index in [0.29, 0.717) is 12.8 Å². The zero-order valence-electron chi connectivity index (χ0n) is 43.3. The lowest BCUT2D eigenvalue weighted by Gasteiger charge is -2.48. The van der Waals surface area contributed by atoms with Crippen molar-refractivity contribution < 1.29 is 89.4 Å². The molecule has 0 aromatic carbocycles. The number of carbonyl (C=O) groups is 1. The van der Waals surface area contributed by atoms with Crippen molar-refractivity contribution in [3.8, 4) is 0 Å². The van der Waals surface area contributed by atoms with Gasteiger partial charge < -0.3 is 89.9 Å². The molecule has 0 aliphatic carbocycles. The van der Waals surface area contributed by atoms with Gasteiger partial charge in [0, 0.05) is 6.42 Å². The van der Waals surface area contributed by atoms with E-state index in [-0.39, 0.29) is 6.42 Å². The first-order valence-electron chi connectivity index (χ1n) is 26.5. The Morgan fingerprint density at radius 3 is 1.46 bits per heavy atom. The van der Waals surface area contributed by atoms with Crippen LogP contribution in [0.15, 0.2) is 97.2 Å². The van der Waals surface area contributed by atoms with E-state index in [1.54, 1.807) is 12.2 Å². The van der Waals surface area contributed by atoms with E-state index in [2.05, 4.69) is 79.9 Å². The second-order valence-electron chi connectivity index (χ2n) is 18.6. The summed E-state index contributed by atoms with van der Waals surface area (Å²) in [6.07, 6.45) is 18.6. The Kier molecular flexibility index (Phi) is 33.6. The van der Waals surface area contributed by atoms with E-state index < -0.39 is 137 Å². The number of carbonyl (C=O) groups excluding carboxylic acids is 1. The van der Waals surface area contributed by atoms with Crippen LogP contribution < -0.4 is 5.32 Å². The molecule has 3 aliphatic rings.